The Morgan fingerprint density at radius 3 is 3.21 bits per heavy atom. The van der Waals surface area contributed by atoms with Gasteiger partial charge in [0.1, 0.15) is 6.04 Å². The van der Waals surface area contributed by atoms with E-state index in [9.17, 15) is 4.79 Å². The van der Waals surface area contributed by atoms with E-state index in [2.05, 4.69) is 16.9 Å². The third-order valence-electron chi connectivity index (χ3n) is 2.74. The average Bonchev–Trinajstić information content (AvgIpc) is 2.47. The molecule has 0 amide bonds. The number of fused-ring (bicyclic) bond motifs is 1. The summed E-state index contributed by atoms with van der Waals surface area (Å²) >= 11 is 0. The Labute approximate surface area is 82.7 Å². The van der Waals surface area contributed by atoms with Crippen molar-refractivity contribution in [3.05, 3.63) is 23.9 Å². The molecule has 0 aromatic rings. The van der Waals surface area contributed by atoms with Gasteiger partial charge in [-0.2, -0.15) is 0 Å². The zero-order chi connectivity index (χ0) is 9.97. The lowest BCUT2D eigenvalue weighted by molar-refractivity contribution is -0.140. The molecule has 2 atom stereocenters. The van der Waals surface area contributed by atoms with Crippen molar-refractivity contribution in [3.8, 4) is 0 Å². The van der Waals surface area contributed by atoms with E-state index >= 15 is 0 Å². The van der Waals surface area contributed by atoms with E-state index in [4.69, 9.17) is 5.11 Å². The molecule has 0 aromatic carbocycles. The Morgan fingerprint density at radius 1 is 1.57 bits per heavy atom. The molecule has 2 rings (SSSR count). The number of rotatable bonds is 1. The zero-order valence-corrected chi connectivity index (χ0v) is 7.86. The average molecular weight is 194 g/mol. The Kier molecular flexibility index (Phi) is 2.54. The highest BCUT2D eigenvalue weighted by atomic mass is 16.4. The summed E-state index contributed by atoms with van der Waals surface area (Å²) in [6.45, 7) is 0. The number of hydrazine groups is 1. The Morgan fingerprint density at radius 2 is 2.43 bits per heavy atom. The van der Waals surface area contributed by atoms with Crippen LogP contribution in [0.15, 0.2) is 23.9 Å². The van der Waals surface area contributed by atoms with Crippen LogP contribution in [0.4, 0.5) is 0 Å². The zero-order valence-electron chi connectivity index (χ0n) is 7.86. The lowest BCUT2D eigenvalue weighted by Crippen LogP contribution is -2.38. The maximum atomic E-state index is 10.9. The van der Waals surface area contributed by atoms with E-state index < -0.39 is 12.0 Å². The molecular formula is C10H14N2O2. The van der Waals surface area contributed by atoms with Gasteiger partial charge in [-0.05, 0) is 25.3 Å². The monoisotopic (exact) mass is 194 g/mol. The van der Waals surface area contributed by atoms with Gasteiger partial charge in [-0.15, -0.1) is 0 Å². The second-order valence-electron chi connectivity index (χ2n) is 3.67. The van der Waals surface area contributed by atoms with E-state index in [1.165, 1.54) is 0 Å². The Bertz CT molecular complexity index is 296. The Balaban J connectivity index is 2.19. The van der Waals surface area contributed by atoms with Crippen LogP contribution in [0.25, 0.3) is 0 Å². The second-order valence-corrected chi connectivity index (χ2v) is 3.67. The van der Waals surface area contributed by atoms with Gasteiger partial charge in [0.25, 0.3) is 0 Å². The summed E-state index contributed by atoms with van der Waals surface area (Å²) in [5, 5.41) is 8.97. The van der Waals surface area contributed by atoms with Crippen molar-refractivity contribution >= 4 is 5.97 Å². The molecule has 1 heterocycles. The minimum atomic E-state index is -0.782. The minimum absolute atomic E-state index is 0.0949. The molecule has 3 N–H and O–H groups in total. The summed E-state index contributed by atoms with van der Waals surface area (Å²) in [5.74, 6) is -0.687. The third kappa shape index (κ3) is 1.65. The van der Waals surface area contributed by atoms with Crippen molar-refractivity contribution in [1.82, 2.24) is 10.9 Å². The predicted molar refractivity (Wildman–Crippen MR) is 52.3 cm³/mol. The van der Waals surface area contributed by atoms with Crippen LogP contribution in [-0.4, -0.2) is 17.1 Å². The summed E-state index contributed by atoms with van der Waals surface area (Å²) in [6, 6.07) is -0.479. The van der Waals surface area contributed by atoms with Crippen LogP contribution >= 0.6 is 0 Å². The van der Waals surface area contributed by atoms with Crippen LogP contribution in [-0.2, 0) is 4.79 Å². The van der Waals surface area contributed by atoms with Crippen molar-refractivity contribution in [2.75, 3.05) is 0 Å². The number of hydrogen-bond donors (Lipinski definition) is 3. The van der Waals surface area contributed by atoms with Gasteiger partial charge in [0, 0.05) is 11.6 Å². The van der Waals surface area contributed by atoms with Crippen LogP contribution in [0.1, 0.15) is 19.3 Å². The van der Waals surface area contributed by atoms with E-state index in [0.717, 1.165) is 25.0 Å². The van der Waals surface area contributed by atoms with Gasteiger partial charge in [-0.3, -0.25) is 4.79 Å². The number of nitrogens with one attached hydrogen (secondary N) is 2. The van der Waals surface area contributed by atoms with Gasteiger partial charge < -0.3 is 10.5 Å². The van der Waals surface area contributed by atoms with Gasteiger partial charge in [-0.25, -0.2) is 5.43 Å². The quantitative estimate of drug-likeness (QED) is 0.577. The fourth-order valence-electron chi connectivity index (χ4n) is 1.98. The highest BCUT2D eigenvalue weighted by molar-refractivity contribution is 5.75. The first kappa shape index (κ1) is 9.27. The lowest BCUT2D eigenvalue weighted by Gasteiger charge is -2.15. The standard InChI is InChI=1S/C10H14N2O2/c13-10(14)9-7-5-3-1-2-4-6-8(7)11-12-9/h2,4,6-7,9,11-12H,1,3,5H2,(H,13,14). The molecule has 2 unspecified atom stereocenters. The van der Waals surface area contributed by atoms with Gasteiger partial charge in [-0.1, -0.05) is 12.2 Å². The fraction of sp³-hybridized carbons (Fsp3) is 0.500. The van der Waals surface area contributed by atoms with Crippen molar-refractivity contribution in [1.29, 1.82) is 0 Å². The minimum Gasteiger partial charge on any atom is -0.480 e. The topological polar surface area (TPSA) is 61.4 Å². The van der Waals surface area contributed by atoms with Crippen LogP contribution in [0, 0.1) is 5.92 Å². The van der Waals surface area contributed by atoms with Gasteiger partial charge >= 0.3 is 5.97 Å². The maximum absolute atomic E-state index is 10.9. The molecule has 1 aliphatic carbocycles. The normalized spacial score (nSPS) is 31.0. The molecule has 2 aliphatic rings. The molecular weight excluding hydrogens is 180 g/mol. The number of hydrogen-bond acceptors (Lipinski definition) is 3. The summed E-state index contributed by atoms with van der Waals surface area (Å²) in [7, 11) is 0. The second kappa shape index (κ2) is 3.84. The largest absolute Gasteiger partial charge is 0.480 e. The lowest BCUT2D eigenvalue weighted by atomic mass is 9.91. The molecule has 14 heavy (non-hydrogen) atoms. The SMILES string of the molecule is O=C(O)C1NNC2=CC=CCCCC21. The van der Waals surface area contributed by atoms with Crippen LogP contribution in [0.3, 0.4) is 0 Å². The molecule has 0 radical (unpaired) electrons. The molecule has 1 fully saturated rings. The predicted octanol–water partition coefficient (Wildman–Crippen LogP) is 0.788. The first-order chi connectivity index (χ1) is 6.79. The van der Waals surface area contributed by atoms with Crippen LogP contribution in [0.5, 0.6) is 0 Å². The highest BCUT2D eigenvalue weighted by Gasteiger charge is 2.35. The number of aliphatic carboxylic acids is 1. The van der Waals surface area contributed by atoms with Crippen molar-refractivity contribution in [2.45, 2.75) is 25.3 Å². The first-order valence-corrected chi connectivity index (χ1v) is 4.90. The number of carboxylic acid groups (broad SMARTS) is 1. The highest BCUT2D eigenvalue weighted by Crippen LogP contribution is 2.26. The fourth-order valence-corrected chi connectivity index (χ4v) is 1.98. The molecule has 0 saturated carbocycles. The van der Waals surface area contributed by atoms with Gasteiger partial charge in [0.15, 0.2) is 0 Å². The number of allylic oxidation sites excluding steroid dienone is 3. The molecule has 0 bridgehead atoms. The summed E-state index contributed by atoms with van der Waals surface area (Å²) in [4.78, 5) is 10.9. The Hall–Kier alpha value is -1.29. The van der Waals surface area contributed by atoms with Crippen molar-refractivity contribution in [3.63, 3.8) is 0 Å². The molecule has 76 valence electrons. The third-order valence-corrected chi connectivity index (χ3v) is 2.74. The summed E-state index contributed by atoms with van der Waals surface area (Å²) in [6.07, 6.45) is 9.06. The molecule has 1 saturated heterocycles. The van der Waals surface area contributed by atoms with Crippen LogP contribution < -0.4 is 10.9 Å². The molecule has 4 heteroatoms. The number of carbonyl (C=O) groups is 1. The number of carboxylic acids is 1. The van der Waals surface area contributed by atoms with Crippen molar-refractivity contribution in [2.24, 2.45) is 5.92 Å². The van der Waals surface area contributed by atoms with Gasteiger partial charge in [0.05, 0.1) is 0 Å². The smallest absolute Gasteiger partial charge is 0.323 e. The summed E-state index contributed by atoms with van der Waals surface area (Å²) < 4.78 is 0. The van der Waals surface area contributed by atoms with E-state index in [1.807, 2.05) is 12.2 Å². The van der Waals surface area contributed by atoms with E-state index in [1.54, 1.807) is 0 Å². The maximum Gasteiger partial charge on any atom is 0.323 e. The molecule has 0 aromatic heterocycles. The van der Waals surface area contributed by atoms with Gasteiger partial charge in [0.2, 0.25) is 0 Å². The molecule has 4 nitrogen and oxygen atoms in total. The van der Waals surface area contributed by atoms with E-state index in [0.29, 0.717) is 0 Å². The summed E-state index contributed by atoms with van der Waals surface area (Å²) in [5.41, 5.74) is 6.73. The van der Waals surface area contributed by atoms with E-state index in [-0.39, 0.29) is 5.92 Å². The van der Waals surface area contributed by atoms with Crippen LogP contribution in [0.2, 0.25) is 0 Å². The molecule has 0 spiro atoms. The first-order valence-electron chi connectivity index (χ1n) is 4.90. The molecule has 1 aliphatic heterocycles. The van der Waals surface area contributed by atoms with Crippen molar-refractivity contribution < 1.29 is 9.90 Å².